The molecule has 1 saturated heterocycles. The van der Waals surface area contributed by atoms with Gasteiger partial charge >= 0.3 is 5.97 Å². The van der Waals surface area contributed by atoms with Crippen molar-refractivity contribution >= 4 is 27.3 Å². The minimum Gasteiger partial charge on any atom is -0.486 e. The topological polar surface area (TPSA) is 108 Å². The second-order valence-corrected chi connectivity index (χ2v) is 10.6. The van der Waals surface area contributed by atoms with E-state index in [9.17, 15) is 13.2 Å². The number of fused-ring (bicyclic) bond motifs is 1. The van der Waals surface area contributed by atoms with E-state index in [0.29, 0.717) is 49.0 Å². The first kappa shape index (κ1) is 21.9. The Balaban J connectivity index is 1.15. The average molecular weight is 491 g/mol. The average Bonchev–Trinajstić information content (AvgIpc) is 3.54. The van der Waals surface area contributed by atoms with E-state index in [1.54, 1.807) is 12.1 Å². The van der Waals surface area contributed by atoms with Gasteiger partial charge in [0.05, 0.1) is 15.7 Å². The van der Waals surface area contributed by atoms with Crippen LogP contribution in [0.3, 0.4) is 0 Å². The minimum absolute atomic E-state index is 0.0173. The van der Waals surface area contributed by atoms with E-state index in [1.165, 1.54) is 27.8 Å². The van der Waals surface area contributed by atoms with Gasteiger partial charge in [0.2, 0.25) is 10.0 Å². The van der Waals surface area contributed by atoms with Gasteiger partial charge in [0.25, 0.3) is 0 Å². The van der Waals surface area contributed by atoms with Crippen molar-refractivity contribution in [2.45, 2.75) is 24.3 Å². The number of thiophene rings is 1. The highest BCUT2D eigenvalue weighted by Gasteiger charge is 2.33. The van der Waals surface area contributed by atoms with Gasteiger partial charge in [-0.1, -0.05) is 11.2 Å². The number of ether oxygens (including phenoxy) is 3. The van der Waals surface area contributed by atoms with Crippen molar-refractivity contribution in [3.63, 3.8) is 0 Å². The first-order chi connectivity index (χ1) is 16.0. The van der Waals surface area contributed by atoms with Crippen LogP contribution in [-0.4, -0.2) is 50.2 Å². The summed E-state index contributed by atoms with van der Waals surface area (Å²) < 4.78 is 49.2. The van der Waals surface area contributed by atoms with Crippen LogP contribution in [-0.2, 0) is 26.2 Å². The number of benzene rings is 1. The van der Waals surface area contributed by atoms with E-state index in [2.05, 4.69) is 5.16 Å². The molecule has 0 aliphatic carbocycles. The van der Waals surface area contributed by atoms with E-state index in [4.69, 9.17) is 18.7 Å². The molecule has 2 aromatic heterocycles. The van der Waals surface area contributed by atoms with Crippen LogP contribution < -0.4 is 9.47 Å². The number of carbonyl (C=O) groups is 1. The fourth-order valence-electron chi connectivity index (χ4n) is 3.84. The number of aromatic nitrogens is 1. The van der Waals surface area contributed by atoms with Gasteiger partial charge in [0, 0.05) is 25.2 Å². The summed E-state index contributed by atoms with van der Waals surface area (Å²) in [5, 5.41) is 5.89. The van der Waals surface area contributed by atoms with Crippen molar-refractivity contribution in [3.8, 4) is 22.1 Å². The molecule has 0 saturated carbocycles. The van der Waals surface area contributed by atoms with E-state index in [0.717, 1.165) is 4.88 Å². The van der Waals surface area contributed by atoms with Gasteiger partial charge in [-0.2, -0.15) is 4.31 Å². The number of sulfonamides is 1. The minimum atomic E-state index is -3.69. The Kier molecular flexibility index (Phi) is 6.09. The molecular formula is C22H22N2O7S2. The summed E-state index contributed by atoms with van der Waals surface area (Å²) in [7, 11) is -3.69. The van der Waals surface area contributed by atoms with Crippen LogP contribution in [0.1, 0.15) is 18.5 Å². The zero-order valence-electron chi connectivity index (χ0n) is 17.6. The van der Waals surface area contributed by atoms with Crippen LogP contribution in [0.4, 0.5) is 0 Å². The molecule has 9 nitrogen and oxygen atoms in total. The number of carbonyl (C=O) groups excluding carboxylic acids is 1. The van der Waals surface area contributed by atoms with Crippen LogP contribution in [0.15, 0.2) is 51.2 Å². The zero-order valence-corrected chi connectivity index (χ0v) is 19.3. The predicted molar refractivity (Wildman–Crippen MR) is 119 cm³/mol. The van der Waals surface area contributed by atoms with Crippen LogP contribution in [0.5, 0.6) is 11.5 Å². The summed E-state index contributed by atoms with van der Waals surface area (Å²) in [4.78, 5) is 13.6. The molecular weight excluding hydrogens is 468 g/mol. The third-order valence-electron chi connectivity index (χ3n) is 5.62. The standard InChI is InChI=1S/C22H22N2O7S2/c25-22(30-14-16-12-20(31-23-16)21-2-1-11-32-21)15-5-7-24(8-6-15)33(26,27)17-3-4-18-19(13-17)29-10-9-28-18/h1-4,11-13,15H,5-10,14H2. The van der Waals surface area contributed by atoms with Gasteiger partial charge in [-0.15, -0.1) is 11.3 Å². The molecule has 174 valence electrons. The van der Waals surface area contributed by atoms with Crippen molar-refractivity contribution in [1.82, 2.24) is 9.46 Å². The lowest BCUT2D eigenvalue weighted by atomic mass is 9.98. The number of nitrogens with zero attached hydrogens (tertiary/aromatic N) is 2. The summed E-state index contributed by atoms with van der Waals surface area (Å²) in [6, 6.07) is 10.2. The number of hydrogen-bond acceptors (Lipinski definition) is 9. The van der Waals surface area contributed by atoms with E-state index >= 15 is 0 Å². The predicted octanol–water partition coefficient (Wildman–Crippen LogP) is 3.32. The van der Waals surface area contributed by atoms with Crippen molar-refractivity contribution < 1.29 is 31.9 Å². The molecule has 0 bridgehead atoms. The van der Waals surface area contributed by atoms with Gasteiger partial charge < -0.3 is 18.7 Å². The maximum atomic E-state index is 13.1. The highest BCUT2D eigenvalue weighted by Crippen LogP contribution is 2.34. The van der Waals surface area contributed by atoms with Crippen molar-refractivity contribution in [1.29, 1.82) is 0 Å². The summed E-state index contributed by atoms with van der Waals surface area (Å²) in [6.45, 7) is 1.32. The summed E-state index contributed by atoms with van der Waals surface area (Å²) >= 11 is 1.54. The Morgan fingerprint density at radius 1 is 1.12 bits per heavy atom. The molecule has 0 radical (unpaired) electrons. The maximum absolute atomic E-state index is 13.1. The first-order valence-electron chi connectivity index (χ1n) is 10.6. The fourth-order valence-corrected chi connectivity index (χ4v) is 6.00. The van der Waals surface area contributed by atoms with Gasteiger partial charge in [-0.05, 0) is 36.4 Å². The molecule has 2 aliphatic rings. The highest BCUT2D eigenvalue weighted by molar-refractivity contribution is 7.89. The van der Waals surface area contributed by atoms with Gasteiger partial charge in [-0.3, -0.25) is 4.79 Å². The Labute approximate surface area is 194 Å². The maximum Gasteiger partial charge on any atom is 0.309 e. The summed E-state index contributed by atoms with van der Waals surface area (Å²) in [5.41, 5.74) is 0.533. The number of esters is 1. The summed E-state index contributed by atoms with van der Waals surface area (Å²) in [5.74, 6) is 0.883. The van der Waals surface area contributed by atoms with Crippen LogP contribution in [0, 0.1) is 5.92 Å². The van der Waals surface area contributed by atoms with Crippen molar-refractivity contribution in [2.24, 2.45) is 5.92 Å². The fraction of sp³-hybridized carbons (Fsp3) is 0.364. The Morgan fingerprint density at radius 3 is 2.67 bits per heavy atom. The molecule has 0 spiro atoms. The monoisotopic (exact) mass is 490 g/mol. The Hall–Kier alpha value is -2.89. The second-order valence-electron chi connectivity index (χ2n) is 7.75. The Morgan fingerprint density at radius 2 is 1.91 bits per heavy atom. The lowest BCUT2D eigenvalue weighted by molar-refractivity contribution is -0.151. The molecule has 2 aliphatic heterocycles. The third-order valence-corrected chi connectivity index (χ3v) is 8.40. The largest absolute Gasteiger partial charge is 0.486 e. The van der Waals surface area contributed by atoms with Gasteiger partial charge in [-0.25, -0.2) is 8.42 Å². The van der Waals surface area contributed by atoms with E-state index < -0.39 is 10.0 Å². The van der Waals surface area contributed by atoms with Crippen LogP contribution in [0.25, 0.3) is 10.6 Å². The zero-order chi connectivity index (χ0) is 22.8. The normalized spacial score (nSPS) is 17.1. The molecule has 0 unspecified atom stereocenters. The number of piperidine rings is 1. The first-order valence-corrected chi connectivity index (χ1v) is 12.9. The molecule has 0 atom stereocenters. The van der Waals surface area contributed by atoms with Crippen molar-refractivity contribution in [2.75, 3.05) is 26.3 Å². The molecule has 33 heavy (non-hydrogen) atoms. The molecule has 0 N–H and O–H groups in total. The Bertz CT molecular complexity index is 1230. The van der Waals surface area contributed by atoms with Crippen LogP contribution >= 0.6 is 11.3 Å². The van der Waals surface area contributed by atoms with Crippen LogP contribution in [0.2, 0.25) is 0 Å². The lowest BCUT2D eigenvalue weighted by Gasteiger charge is -2.30. The highest BCUT2D eigenvalue weighted by atomic mass is 32.2. The summed E-state index contributed by atoms with van der Waals surface area (Å²) in [6.07, 6.45) is 0.781. The molecule has 1 fully saturated rings. The quantitative estimate of drug-likeness (QED) is 0.484. The molecule has 4 heterocycles. The lowest BCUT2D eigenvalue weighted by Crippen LogP contribution is -2.40. The molecule has 11 heteroatoms. The molecule has 1 aromatic carbocycles. The SMILES string of the molecule is O=C(OCc1cc(-c2cccs2)on1)C1CCN(S(=O)(=O)c2ccc3c(c2)OCCO3)CC1. The molecule has 5 rings (SSSR count). The van der Waals surface area contributed by atoms with Gasteiger partial charge in [0.15, 0.2) is 17.3 Å². The number of rotatable bonds is 6. The third kappa shape index (κ3) is 4.61. The molecule has 0 amide bonds. The van der Waals surface area contributed by atoms with E-state index in [-0.39, 0.29) is 36.5 Å². The van der Waals surface area contributed by atoms with E-state index in [1.807, 2.05) is 17.5 Å². The number of hydrogen-bond donors (Lipinski definition) is 0. The molecule has 3 aromatic rings. The smallest absolute Gasteiger partial charge is 0.309 e. The van der Waals surface area contributed by atoms with Gasteiger partial charge in [0.1, 0.15) is 25.5 Å². The second kappa shape index (κ2) is 9.16. The van der Waals surface area contributed by atoms with Crippen molar-refractivity contribution in [3.05, 3.63) is 47.5 Å².